The number of anilines is 2. The molecule has 0 bridgehead atoms. The van der Waals surface area contributed by atoms with Crippen molar-refractivity contribution in [3.8, 4) is 0 Å². The molecule has 0 unspecified atom stereocenters. The van der Waals surface area contributed by atoms with Crippen molar-refractivity contribution in [2.45, 2.75) is 13.5 Å². The van der Waals surface area contributed by atoms with Crippen molar-refractivity contribution >= 4 is 33.7 Å². The number of hydrogen-bond acceptors (Lipinski definition) is 6. The Morgan fingerprint density at radius 2 is 2.16 bits per heavy atom. The Kier molecular flexibility index (Phi) is 3.00. The van der Waals surface area contributed by atoms with E-state index in [0.29, 0.717) is 12.2 Å². The Morgan fingerprint density at radius 1 is 1.26 bits per heavy atom. The number of nitrogens with zero attached hydrogens (tertiary/aromatic N) is 3. The molecule has 2 aromatic heterocycles. The Morgan fingerprint density at radius 3 is 2.95 bits per heavy atom. The van der Waals surface area contributed by atoms with Crippen molar-refractivity contribution in [2.24, 2.45) is 0 Å². The number of rotatable bonds is 3. The summed E-state index contributed by atoms with van der Waals surface area (Å²) >= 11 is 1.68. The van der Waals surface area contributed by atoms with Crippen LogP contribution in [0.2, 0.25) is 0 Å². The molecule has 3 N–H and O–H groups in total. The highest BCUT2D eigenvalue weighted by Gasteiger charge is 2.05. The summed E-state index contributed by atoms with van der Waals surface area (Å²) in [5, 5.41) is 5.30. The molecule has 0 spiro atoms. The molecule has 0 aliphatic rings. The molecule has 1 aromatic carbocycles. The molecule has 3 rings (SSSR count). The third kappa shape index (κ3) is 2.48. The summed E-state index contributed by atoms with van der Waals surface area (Å²) in [7, 11) is 0. The van der Waals surface area contributed by atoms with Crippen LogP contribution in [0.3, 0.4) is 0 Å². The van der Waals surface area contributed by atoms with Crippen molar-refractivity contribution in [1.29, 1.82) is 0 Å². The fourth-order valence-electron chi connectivity index (χ4n) is 1.86. The Balaban J connectivity index is 1.88. The fourth-order valence-corrected chi connectivity index (χ4v) is 2.58. The Hall–Kier alpha value is -2.21. The molecule has 96 valence electrons. The van der Waals surface area contributed by atoms with Crippen molar-refractivity contribution < 1.29 is 0 Å². The maximum Gasteiger partial charge on any atom is 0.137 e. The highest BCUT2D eigenvalue weighted by atomic mass is 32.1. The molecule has 0 saturated carbocycles. The van der Waals surface area contributed by atoms with Gasteiger partial charge in [0.2, 0.25) is 0 Å². The second kappa shape index (κ2) is 4.81. The normalized spacial score (nSPS) is 10.8. The molecule has 0 aliphatic carbocycles. The average molecular weight is 271 g/mol. The van der Waals surface area contributed by atoms with Crippen LogP contribution in [0.25, 0.3) is 10.9 Å². The second-order valence-corrected chi connectivity index (χ2v) is 5.54. The van der Waals surface area contributed by atoms with Crippen molar-refractivity contribution in [3.63, 3.8) is 0 Å². The minimum atomic E-state index is 0.662. The Bertz CT molecular complexity index is 722. The molecule has 0 saturated heterocycles. The van der Waals surface area contributed by atoms with Crippen LogP contribution < -0.4 is 11.1 Å². The van der Waals surface area contributed by atoms with Gasteiger partial charge < -0.3 is 11.1 Å². The van der Waals surface area contributed by atoms with Gasteiger partial charge in [0.15, 0.2) is 0 Å². The van der Waals surface area contributed by atoms with E-state index < -0.39 is 0 Å². The average Bonchev–Trinajstić information content (AvgIpc) is 2.81. The summed E-state index contributed by atoms with van der Waals surface area (Å²) in [5.41, 5.74) is 7.29. The van der Waals surface area contributed by atoms with E-state index in [0.717, 1.165) is 21.7 Å². The highest BCUT2D eigenvalue weighted by Crippen LogP contribution is 2.22. The third-order valence-corrected chi connectivity index (χ3v) is 3.65. The molecule has 0 radical (unpaired) electrons. The Labute approximate surface area is 114 Å². The summed E-state index contributed by atoms with van der Waals surface area (Å²) in [6.45, 7) is 2.71. The summed E-state index contributed by atoms with van der Waals surface area (Å²) in [5.74, 6) is 0.804. The number of thiazole rings is 1. The summed E-state index contributed by atoms with van der Waals surface area (Å²) in [6.07, 6.45) is 3.41. The van der Waals surface area contributed by atoms with E-state index in [1.54, 1.807) is 11.3 Å². The van der Waals surface area contributed by atoms with Gasteiger partial charge >= 0.3 is 0 Å². The van der Waals surface area contributed by atoms with Crippen LogP contribution in [0.5, 0.6) is 0 Å². The van der Waals surface area contributed by atoms with Gasteiger partial charge in [-0.3, -0.25) is 0 Å². The molecule has 19 heavy (non-hydrogen) atoms. The third-order valence-electron chi connectivity index (χ3n) is 2.74. The first-order valence-electron chi connectivity index (χ1n) is 5.88. The number of benzene rings is 1. The first-order valence-corrected chi connectivity index (χ1v) is 6.69. The van der Waals surface area contributed by atoms with Crippen LogP contribution in [0.4, 0.5) is 11.5 Å². The lowest BCUT2D eigenvalue weighted by Crippen LogP contribution is -2.02. The minimum absolute atomic E-state index is 0.662. The molecule has 0 atom stereocenters. The number of nitrogen functional groups attached to an aromatic ring is 1. The molecule has 2 heterocycles. The van der Waals surface area contributed by atoms with E-state index >= 15 is 0 Å². The topological polar surface area (TPSA) is 76.7 Å². The summed E-state index contributed by atoms with van der Waals surface area (Å²) in [4.78, 5) is 14.0. The van der Waals surface area contributed by atoms with Crippen LogP contribution in [-0.2, 0) is 6.54 Å². The zero-order valence-corrected chi connectivity index (χ0v) is 11.2. The second-order valence-electron chi connectivity index (χ2n) is 4.22. The lowest BCUT2D eigenvalue weighted by Gasteiger charge is -2.07. The number of hydrogen-bond donors (Lipinski definition) is 2. The van der Waals surface area contributed by atoms with Gasteiger partial charge in [-0.05, 0) is 25.1 Å². The molecular weight excluding hydrogens is 258 g/mol. The minimum Gasteiger partial charge on any atom is -0.399 e. The number of aryl methyl sites for hydroxylation is 1. The lowest BCUT2D eigenvalue weighted by atomic mass is 10.2. The molecule has 0 aliphatic heterocycles. The zero-order valence-electron chi connectivity index (χ0n) is 10.4. The van der Waals surface area contributed by atoms with Crippen molar-refractivity contribution in [3.05, 3.63) is 40.6 Å². The molecule has 0 amide bonds. The van der Waals surface area contributed by atoms with Gasteiger partial charge in [0.05, 0.1) is 12.1 Å². The van der Waals surface area contributed by atoms with E-state index in [2.05, 4.69) is 20.3 Å². The van der Waals surface area contributed by atoms with Crippen LogP contribution in [-0.4, -0.2) is 15.0 Å². The number of nitrogens with one attached hydrogen (secondary N) is 1. The summed E-state index contributed by atoms with van der Waals surface area (Å²) < 4.78 is 0. The predicted molar refractivity (Wildman–Crippen MR) is 78.1 cm³/mol. The van der Waals surface area contributed by atoms with E-state index in [-0.39, 0.29) is 0 Å². The standard InChI is InChI=1S/C13H13N5S/c1-8-5-15-12(19-8)6-16-13-10-3-2-9(14)4-11(10)17-7-18-13/h2-5,7H,6,14H2,1H3,(H,16,17,18). The van der Waals surface area contributed by atoms with E-state index in [1.165, 1.54) is 11.2 Å². The molecule has 6 heteroatoms. The lowest BCUT2D eigenvalue weighted by molar-refractivity contribution is 1.07. The van der Waals surface area contributed by atoms with Crippen molar-refractivity contribution in [2.75, 3.05) is 11.1 Å². The van der Waals surface area contributed by atoms with Gasteiger partial charge in [0.25, 0.3) is 0 Å². The first kappa shape index (κ1) is 11.9. The zero-order chi connectivity index (χ0) is 13.2. The number of fused-ring (bicyclic) bond motifs is 1. The maximum absolute atomic E-state index is 5.75. The maximum atomic E-state index is 5.75. The molecule has 0 fully saturated rings. The van der Waals surface area contributed by atoms with Crippen LogP contribution >= 0.6 is 11.3 Å². The van der Waals surface area contributed by atoms with Gasteiger partial charge in [-0.2, -0.15) is 0 Å². The monoisotopic (exact) mass is 271 g/mol. The van der Waals surface area contributed by atoms with Gasteiger partial charge in [0.1, 0.15) is 17.2 Å². The SMILES string of the molecule is Cc1cnc(CNc2ncnc3cc(N)ccc23)s1. The quantitative estimate of drug-likeness (QED) is 0.716. The molecule has 5 nitrogen and oxygen atoms in total. The number of nitrogens with two attached hydrogens (primary N) is 1. The van der Waals surface area contributed by atoms with Gasteiger partial charge in [-0.15, -0.1) is 11.3 Å². The predicted octanol–water partition coefficient (Wildman–Crippen LogP) is 2.59. The smallest absolute Gasteiger partial charge is 0.137 e. The van der Waals surface area contributed by atoms with Crippen molar-refractivity contribution in [1.82, 2.24) is 15.0 Å². The van der Waals surface area contributed by atoms with Crippen LogP contribution in [0.1, 0.15) is 9.88 Å². The fraction of sp³-hybridized carbons (Fsp3) is 0.154. The van der Waals surface area contributed by atoms with Gasteiger partial charge in [-0.1, -0.05) is 0 Å². The van der Waals surface area contributed by atoms with E-state index in [1.807, 2.05) is 31.3 Å². The molecule has 3 aromatic rings. The summed E-state index contributed by atoms with van der Waals surface area (Å²) in [6, 6.07) is 5.63. The van der Waals surface area contributed by atoms with E-state index in [9.17, 15) is 0 Å². The van der Waals surface area contributed by atoms with Gasteiger partial charge in [-0.25, -0.2) is 15.0 Å². The molecular formula is C13H13N5S. The largest absolute Gasteiger partial charge is 0.399 e. The van der Waals surface area contributed by atoms with Crippen LogP contribution in [0.15, 0.2) is 30.7 Å². The van der Waals surface area contributed by atoms with E-state index in [4.69, 9.17) is 5.73 Å². The highest BCUT2D eigenvalue weighted by molar-refractivity contribution is 7.11. The first-order chi connectivity index (χ1) is 9.22. The number of aromatic nitrogens is 3. The van der Waals surface area contributed by atoms with Crippen LogP contribution in [0, 0.1) is 6.92 Å². The van der Waals surface area contributed by atoms with Gasteiger partial charge in [0, 0.05) is 22.1 Å².